The number of nitrogens with one attached hydrogen (secondary N) is 1. The lowest BCUT2D eigenvalue weighted by Gasteiger charge is -2.29. The second-order valence-corrected chi connectivity index (χ2v) is 8.42. The SMILES string of the molecule is CC(C)C[C@H](N)C(=O)N1CCC[C@H]1C(=O)N[C@@H](Cc1ccccn1)c1ccccc1. The van der Waals surface area contributed by atoms with Crippen LogP contribution in [0.15, 0.2) is 54.7 Å². The van der Waals surface area contributed by atoms with Gasteiger partial charge < -0.3 is 16.0 Å². The Morgan fingerprint density at radius 2 is 1.90 bits per heavy atom. The molecule has 0 saturated carbocycles. The zero-order valence-electron chi connectivity index (χ0n) is 17.8. The smallest absolute Gasteiger partial charge is 0.243 e. The molecule has 2 heterocycles. The minimum absolute atomic E-state index is 0.123. The van der Waals surface area contributed by atoms with Crippen LogP contribution < -0.4 is 11.1 Å². The van der Waals surface area contributed by atoms with E-state index in [1.807, 2.05) is 62.4 Å². The molecule has 1 aromatic carbocycles. The summed E-state index contributed by atoms with van der Waals surface area (Å²) in [6.45, 7) is 4.67. The third-order valence-electron chi connectivity index (χ3n) is 5.54. The van der Waals surface area contributed by atoms with Gasteiger partial charge in [-0.1, -0.05) is 50.2 Å². The summed E-state index contributed by atoms with van der Waals surface area (Å²) >= 11 is 0. The van der Waals surface area contributed by atoms with Gasteiger partial charge in [0.25, 0.3) is 0 Å². The summed E-state index contributed by atoms with van der Waals surface area (Å²) in [4.78, 5) is 32.1. The topological polar surface area (TPSA) is 88.3 Å². The molecule has 1 fully saturated rings. The molecule has 0 aliphatic carbocycles. The van der Waals surface area contributed by atoms with Crippen molar-refractivity contribution in [2.45, 2.75) is 57.7 Å². The lowest BCUT2D eigenvalue weighted by molar-refractivity contribution is -0.140. The molecular formula is C24H32N4O2. The molecular weight excluding hydrogens is 376 g/mol. The van der Waals surface area contributed by atoms with Crippen LogP contribution in [-0.4, -0.2) is 40.3 Å². The highest BCUT2D eigenvalue weighted by Crippen LogP contribution is 2.23. The van der Waals surface area contributed by atoms with Crippen LogP contribution in [0.1, 0.15) is 50.4 Å². The molecule has 0 radical (unpaired) electrons. The summed E-state index contributed by atoms with van der Waals surface area (Å²) in [7, 11) is 0. The predicted octanol–water partition coefficient (Wildman–Crippen LogP) is 2.85. The molecule has 0 unspecified atom stereocenters. The standard InChI is InChI=1S/C24H32N4O2/c1-17(2)15-20(25)24(30)28-14-8-12-22(28)23(29)27-21(18-9-4-3-5-10-18)16-19-11-6-7-13-26-19/h3-7,9-11,13,17,20-22H,8,12,14-16,25H2,1-2H3,(H,27,29)/t20-,21-,22-/m0/s1. The van der Waals surface area contributed by atoms with E-state index in [-0.39, 0.29) is 17.9 Å². The van der Waals surface area contributed by atoms with Crippen LogP contribution in [-0.2, 0) is 16.0 Å². The summed E-state index contributed by atoms with van der Waals surface area (Å²) in [5.41, 5.74) is 8.05. The van der Waals surface area contributed by atoms with Gasteiger partial charge >= 0.3 is 0 Å². The van der Waals surface area contributed by atoms with Crippen molar-refractivity contribution in [3.8, 4) is 0 Å². The molecule has 6 heteroatoms. The number of aromatic nitrogens is 1. The molecule has 6 nitrogen and oxygen atoms in total. The van der Waals surface area contributed by atoms with E-state index in [0.717, 1.165) is 17.7 Å². The number of hydrogen-bond donors (Lipinski definition) is 2. The monoisotopic (exact) mass is 408 g/mol. The van der Waals surface area contributed by atoms with Crippen molar-refractivity contribution in [3.05, 3.63) is 66.0 Å². The average molecular weight is 409 g/mol. The lowest BCUT2D eigenvalue weighted by Crippen LogP contribution is -2.52. The third-order valence-corrected chi connectivity index (χ3v) is 5.54. The van der Waals surface area contributed by atoms with E-state index in [1.54, 1.807) is 11.1 Å². The Labute approximate surface area is 178 Å². The highest BCUT2D eigenvalue weighted by atomic mass is 16.2. The van der Waals surface area contributed by atoms with E-state index in [4.69, 9.17) is 5.73 Å². The number of rotatable bonds is 8. The molecule has 30 heavy (non-hydrogen) atoms. The van der Waals surface area contributed by atoms with Gasteiger partial charge in [-0.15, -0.1) is 0 Å². The number of nitrogens with zero attached hydrogens (tertiary/aromatic N) is 2. The number of carbonyl (C=O) groups excluding carboxylic acids is 2. The van der Waals surface area contributed by atoms with Gasteiger partial charge in [-0.2, -0.15) is 0 Å². The first kappa shape index (κ1) is 22.0. The highest BCUT2D eigenvalue weighted by Gasteiger charge is 2.37. The number of nitrogens with two attached hydrogens (primary N) is 1. The van der Waals surface area contributed by atoms with Gasteiger partial charge in [-0.3, -0.25) is 14.6 Å². The van der Waals surface area contributed by atoms with Crippen LogP contribution in [0.4, 0.5) is 0 Å². The Morgan fingerprint density at radius 1 is 1.17 bits per heavy atom. The normalized spacial score (nSPS) is 18.3. The Morgan fingerprint density at radius 3 is 2.57 bits per heavy atom. The van der Waals surface area contributed by atoms with E-state index in [2.05, 4.69) is 10.3 Å². The zero-order valence-corrected chi connectivity index (χ0v) is 17.8. The van der Waals surface area contributed by atoms with Crippen molar-refractivity contribution in [1.82, 2.24) is 15.2 Å². The van der Waals surface area contributed by atoms with Crippen LogP contribution in [0.25, 0.3) is 0 Å². The minimum Gasteiger partial charge on any atom is -0.347 e. The number of likely N-dealkylation sites (tertiary alicyclic amines) is 1. The maximum atomic E-state index is 13.2. The van der Waals surface area contributed by atoms with Gasteiger partial charge in [-0.25, -0.2) is 0 Å². The van der Waals surface area contributed by atoms with E-state index in [1.165, 1.54) is 0 Å². The van der Waals surface area contributed by atoms with Gasteiger partial charge in [0.2, 0.25) is 11.8 Å². The summed E-state index contributed by atoms with van der Waals surface area (Å²) in [6, 6.07) is 14.4. The molecule has 2 amide bonds. The van der Waals surface area contributed by atoms with E-state index < -0.39 is 12.1 Å². The minimum atomic E-state index is -0.558. The van der Waals surface area contributed by atoms with Crippen molar-refractivity contribution >= 4 is 11.8 Å². The number of hydrogen-bond acceptors (Lipinski definition) is 4. The van der Waals surface area contributed by atoms with E-state index in [9.17, 15) is 9.59 Å². The lowest BCUT2D eigenvalue weighted by atomic mass is 10.0. The van der Waals surface area contributed by atoms with Crippen LogP contribution in [0.3, 0.4) is 0 Å². The molecule has 0 spiro atoms. The van der Waals surface area contributed by atoms with Crippen molar-refractivity contribution in [2.75, 3.05) is 6.54 Å². The maximum absolute atomic E-state index is 13.2. The molecule has 1 aromatic heterocycles. The van der Waals surface area contributed by atoms with Gasteiger partial charge in [0.05, 0.1) is 12.1 Å². The molecule has 3 N–H and O–H groups in total. The van der Waals surface area contributed by atoms with Crippen LogP contribution >= 0.6 is 0 Å². The number of carbonyl (C=O) groups is 2. The first-order valence-corrected chi connectivity index (χ1v) is 10.8. The van der Waals surface area contributed by atoms with Gasteiger partial charge in [0.15, 0.2) is 0 Å². The summed E-state index contributed by atoms with van der Waals surface area (Å²) in [5.74, 6) is 0.0874. The average Bonchev–Trinajstić information content (AvgIpc) is 3.23. The fourth-order valence-electron chi connectivity index (χ4n) is 4.06. The summed E-state index contributed by atoms with van der Waals surface area (Å²) in [5, 5.41) is 3.17. The number of benzene rings is 1. The van der Waals surface area contributed by atoms with Crippen LogP contribution in [0.5, 0.6) is 0 Å². The first-order valence-electron chi connectivity index (χ1n) is 10.8. The quantitative estimate of drug-likeness (QED) is 0.703. The Bertz CT molecular complexity index is 826. The Hall–Kier alpha value is -2.73. The molecule has 160 valence electrons. The first-order chi connectivity index (χ1) is 14.5. The second kappa shape index (κ2) is 10.3. The highest BCUT2D eigenvalue weighted by molar-refractivity contribution is 5.90. The summed E-state index contributed by atoms with van der Waals surface area (Å²) < 4.78 is 0. The summed E-state index contributed by atoms with van der Waals surface area (Å²) in [6.07, 6.45) is 4.44. The Balaban J connectivity index is 1.73. The second-order valence-electron chi connectivity index (χ2n) is 8.42. The largest absolute Gasteiger partial charge is 0.347 e. The third kappa shape index (κ3) is 5.66. The van der Waals surface area contributed by atoms with Crippen LogP contribution in [0.2, 0.25) is 0 Å². The molecule has 1 aliphatic heterocycles. The predicted molar refractivity (Wildman–Crippen MR) is 117 cm³/mol. The fraction of sp³-hybridized carbons (Fsp3) is 0.458. The van der Waals surface area contributed by atoms with Crippen molar-refractivity contribution in [3.63, 3.8) is 0 Å². The molecule has 1 saturated heterocycles. The van der Waals surface area contributed by atoms with Gasteiger partial charge in [-0.05, 0) is 42.9 Å². The molecule has 0 bridgehead atoms. The van der Waals surface area contributed by atoms with Crippen molar-refractivity contribution in [2.24, 2.45) is 11.7 Å². The molecule has 3 atom stereocenters. The molecule has 2 aromatic rings. The zero-order chi connectivity index (χ0) is 21.5. The number of amides is 2. The van der Waals surface area contributed by atoms with Crippen molar-refractivity contribution in [1.29, 1.82) is 0 Å². The fourth-order valence-corrected chi connectivity index (χ4v) is 4.06. The molecule has 1 aliphatic rings. The Kier molecular flexibility index (Phi) is 7.57. The van der Waals surface area contributed by atoms with E-state index in [0.29, 0.717) is 31.7 Å². The van der Waals surface area contributed by atoms with Gasteiger partial charge in [0.1, 0.15) is 6.04 Å². The van der Waals surface area contributed by atoms with E-state index >= 15 is 0 Å². The van der Waals surface area contributed by atoms with Crippen LogP contribution in [0, 0.1) is 5.92 Å². The van der Waals surface area contributed by atoms with Crippen molar-refractivity contribution < 1.29 is 9.59 Å². The van der Waals surface area contributed by atoms with Gasteiger partial charge in [0, 0.05) is 24.9 Å². The number of pyridine rings is 1. The molecule has 3 rings (SSSR count). The maximum Gasteiger partial charge on any atom is 0.243 e.